The molecule has 690 valence electrons. The van der Waals surface area contributed by atoms with E-state index in [0.29, 0.717) is 24.1 Å². The van der Waals surface area contributed by atoms with E-state index in [-0.39, 0.29) is 213 Å². The van der Waals surface area contributed by atoms with Crippen LogP contribution in [0.2, 0.25) is 0 Å². The Kier molecular flexibility index (Phi) is 35.3. The van der Waals surface area contributed by atoms with Crippen molar-refractivity contribution >= 4 is 196 Å². The van der Waals surface area contributed by atoms with Gasteiger partial charge in [0, 0.05) is 72.9 Å². The van der Waals surface area contributed by atoms with Crippen molar-refractivity contribution in [1.29, 1.82) is 0 Å². The van der Waals surface area contributed by atoms with Gasteiger partial charge in [-0.3, -0.25) is 9.11 Å². The Morgan fingerprint density at radius 3 is 0.780 bits per heavy atom. The Balaban J connectivity index is 1.05. The number of aromatic nitrogens is 6. The number of hydrogen-bond acceptors (Lipinski definition) is 44. The Morgan fingerprint density at radius 2 is 0.553 bits per heavy atom. The molecule has 10 aromatic rings. The fraction of sp³-hybridized carbons (Fsp3) is 0.184. The summed E-state index contributed by atoms with van der Waals surface area (Å²) in [4.78, 5) is 124. The molecule has 18 N–H and O–H groups in total. The first-order chi connectivity index (χ1) is 63.1. The molecule has 0 aliphatic rings. The number of nitrogens with zero attached hydrogens (tertiary/aromatic N) is 14. The van der Waals surface area contributed by atoms with E-state index in [1.54, 1.807) is 0 Å². The van der Waals surface area contributed by atoms with Gasteiger partial charge in [-0.2, -0.15) is 67.2 Å². The maximum Gasteiger partial charge on any atom is 0.337 e. The number of ether oxygens (including phenoxy) is 4. The van der Waals surface area contributed by atoms with Gasteiger partial charge in [0.05, 0.1) is 128 Å². The summed E-state index contributed by atoms with van der Waals surface area (Å²) < 4.78 is 100.0. The lowest BCUT2D eigenvalue weighted by Crippen LogP contribution is -2.18. The normalized spacial score (nSPS) is 11.5. The molecule has 0 aliphatic carbocycles. The number of benzene rings is 8. The van der Waals surface area contributed by atoms with Gasteiger partial charge in [-0.1, -0.05) is 10.1 Å². The highest BCUT2D eigenvalue weighted by Crippen LogP contribution is 2.40. The predicted octanol–water partition coefficient (Wildman–Crippen LogP) is 14.8. The van der Waals surface area contributed by atoms with E-state index in [1.807, 2.05) is 0 Å². The largest absolute Gasteiger partial charge is 0.491 e. The molecule has 2 heterocycles. The van der Waals surface area contributed by atoms with Gasteiger partial charge in [0.2, 0.25) is 35.7 Å². The highest BCUT2D eigenvalue weighted by molar-refractivity contribution is 7.94. The summed E-state index contributed by atoms with van der Waals surface area (Å²) in [5, 5.41) is 154. The zero-order valence-corrected chi connectivity index (χ0v) is 70.4. The van der Waals surface area contributed by atoms with Crippen LogP contribution in [0.1, 0.15) is 109 Å². The van der Waals surface area contributed by atoms with Crippen LogP contribution in [0.25, 0.3) is 0 Å². The number of carboxylic acids is 8. The van der Waals surface area contributed by atoms with Gasteiger partial charge in [-0.15, -0.1) is 29.1 Å². The number of carboxylic acid groups (broad SMARTS) is 8. The minimum absolute atomic E-state index is 0.00495. The average molecular weight is 1900 g/mol. The first-order valence-corrected chi connectivity index (χ1v) is 42.5. The van der Waals surface area contributed by atoms with E-state index in [9.17, 15) is 105 Å². The fourth-order valence-electron chi connectivity index (χ4n) is 10.9. The van der Waals surface area contributed by atoms with Gasteiger partial charge in [-0.05, 0) is 147 Å². The molecule has 0 amide bonds. The van der Waals surface area contributed by atoms with Crippen molar-refractivity contribution in [2.24, 2.45) is 40.9 Å². The first kappa shape index (κ1) is 98.4. The third kappa shape index (κ3) is 30.5. The predicted molar refractivity (Wildman–Crippen MR) is 461 cm³/mol. The molecule has 2 aromatic heterocycles. The van der Waals surface area contributed by atoms with Crippen molar-refractivity contribution in [1.82, 2.24) is 29.9 Å². The van der Waals surface area contributed by atoms with E-state index in [1.165, 1.54) is 72.8 Å². The maximum absolute atomic E-state index is 12.2. The van der Waals surface area contributed by atoms with E-state index in [4.69, 9.17) is 29.5 Å². The minimum Gasteiger partial charge on any atom is -0.491 e. The molecule has 52 nitrogen and oxygen atoms in total. The lowest BCUT2D eigenvalue weighted by molar-refractivity contribution is -0.432. The van der Waals surface area contributed by atoms with Crippen molar-refractivity contribution < 1.29 is 153 Å². The Hall–Kier alpha value is -15.8. The molecular formula is C76H70N20O32S4. The summed E-state index contributed by atoms with van der Waals surface area (Å²) in [7, 11) is -9.05. The van der Waals surface area contributed by atoms with Crippen molar-refractivity contribution in [2.75, 3.05) is 94.4 Å². The number of carbonyl (C=O) groups is 8. The average Bonchev–Trinajstić information content (AvgIpc) is 0.941. The summed E-state index contributed by atoms with van der Waals surface area (Å²) in [6.45, 7) is -1.35. The SMILES string of the molecule is O=C(O)c1ccc(C(=O)O)c(N=Nc2ccc(Nc3nc(NCCNc4nc(Nc5ccc(N=Nc6cc(C(=O)O)ccc6C(=O)O)cc5OCCCSOOO)nc(Nc5ccc(N=Nc6cc(C(=O)O)ccc6C(=O)O)cc5OCCCS(=O)(=O)O)n4)nc(Nc4ccc(N=Nc5cc(C(=O)O)ccc5C(=O)O)cc4OCCCS(=O)(=O)O)n3)c(OCCCSOOO)c2)c1. The number of hydrogen-bond donors (Lipinski definition) is 18. The molecular weight excluding hydrogens is 1830 g/mol. The molecule has 0 aliphatic heterocycles. The summed E-state index contributed by atoms with van der Waals surface area (Å²) >= 11 is 1.43. The van der Waals surface area contributed by atoms with Gasteiger partial charge in [0.25, 0.3) is 20.2 Å². The summed E-state index contributed by atoms with van der Waals surface area (Å²) in [5.74, 6) is -14.6. The third-order valence-electron chi connectivity index (χ3n) is 16.8. The molecule has 0 radical (unpaired) electrons. The van der Waals surface area contributed by atoms with Crippen LogP contribution in [0.3, 0.4) is 0 Å². The second-order valence-electron chi connectivity index (χ2n) is 26.2. The van der Waals surface area contributed by atoms with E-state index in [0.717, 1.165) is 72.8 Å². The lowest BCUT2D eigenvalue weighted by atomic mass is 10.1. The van der Waals surface area contributed by atoms with Crippen LogP contribution in [0, 0.1) is 0 Å². The molecule has 10 rings (SSSR count). The monoisotopic (exact) mass is 1900 g/mol. The van der Waals surface area contributed by atoms with Crippen LogP contribution in [-0.4, -0.2) is 217 Å². The topological polar surface area (TPSA) is 770 Å². The van der Waals surface area contributed by atoms with Gasteiger partial charge in [0.15, 0.2) is 0 Å². The number of azo groups is 4. The molecule has 0 unspecified atom stereocenters. The van der Waals surface area contributed by atoms with Gasteiger partial charge >= 0.3 is 47.8 Å². The first-order valence-electron chi connectivity index (χ1n) is 37.5. The van der Waals surface area contributed by atoms with Crippen molar-refractivity contribution in [3.05, 3.63) is 190 Å². The third-order valence-corrected chi connectivity index (χ3v) is 19.7. The van der Waals surface area contributed by atoms with Gasteiger partial charge in [0.1, 0.15) is 45.7 Å². The van der Waals surface area contributed by atoms with Crippen LogP contribution in [-0.2, 0) is 39.0 Å². The Bertz CT molecular complexity index is 5970. The van der Waals surface area contributed by atoms with E-state index < -0.39 is 115 Å². The summed E-state index contributed by atoms with van der Waals surface area (Å²) in [6.07, 6.45) is -0.130. The number of rotatable bonds is 53. The molecule has 132 heavy (non-hydrogen) atoms. The molecule has 0 atom stereocenters. The van der Waals surface area contributed by atoms with Gasteiger partial charge < -0.3 is 91.7 Å². The highest BCUT2D eigenvalue weighted by atomic mass is 32.2. The number of aromatic carboxylic acids is 8. The van der Waals surface area contributed by atoms with Crippen molar-refractivity contribution in [3.63, 3.8) is 0 Å². The van der Waals surface area contributed by atoms with Gasteiger partial charge in [-0.25, -0.2) is 48.9 Å². The van der Waals surface area contributed by atoms with Crippen LogP contribution >= 0.6 is 24.1 Å². The molecule has 0 saturated heterocycles. The Labute approximate surface area is 749 Å². The van der Waals surface area contributed by atoms with Crippen LogP contribution in [0.5, 0.6) is 23.0 Å². The second-order valence-corrected chi connectivity index (χ2v) is 30.9. The molecule has 0 fully saturated rings. The van der Waals surface area contributed by atoms with Crippen LogP contribution in [0.4, 0.5) is 104 Å². The highest BCUT2D eigenvalue weighted by Gasteiger charge is 2.23. The van der Waals surface area contributed by atoms with Crippen LogP contribution < -0.4 is 50.8 Å². The summed E-state index contributed by atoms with van der Waals surface area (Å²) in [5.41, 5.74) is -4.20. The Morgan fingerprint density at radius 1 is 0.311 bits per heavy atom. The second kappa shape index (κ2) is 47.3. The molecule has 0 spiro atoms. The minimum atomic E-state index is -4.52. The van der Waals surface area contributed by atoms with E-state index in [2.05, 4.69) is 121 Å². The van der Waals surface area contributed by atoms with Crippen molar-refractivity contribution in [3.8, 4) is 23.0 Å². The smallest absolute Gasteiger partial charge is 0.337 e. The van der Waals surface area contributed by atoms with Crippen LogP contribution in [0.15, 0.2) is 187 Å². The molecule has 8 aromatic carbocycles. The molecule has 0 bridgehead atoms. The number of anilines is 10. The fourth-order valence-corrected chi connectivity index (χ4v) is 12.5. The quantitative estimate of drug-likeness (QED) is 0.00420. The number of nitrogens with one attached hydrogen (secondary N) is 6. The standard InChI is InChI=1S/C76H70N20O32S4/c97-63(98)39-5-13-47(67(105)106)55(31-39)93-89-43-9-17-51(59(35-43)121-23-1-27-129-127-125-113)79-73-83-71(85-75(87-73)81-53-19-11-45(37-61(53)123-25-3-29-131(115,116)117)91-95-57-33-41(65(101)102)7-15-49(57)69(109)110)77-21-22-78-72-84-74(80-52-18-10-44(36-60(52)122-24-2-28-130-128-126-114)90-94-56-32-40(64(99)100)6-14-48(56)68(107)108)88-76(86-72)82-54-20-12-46(38-62(54)124-26-4-30-132(118,119)120)92-96-58-34-42(66(103)104)8-16-50(58)70(111)112/h5-20,31-38,113-114H,1-4,21-30H2,(H,97,98)(H,99,100)(H,101,102)(H,103,104)(H,105,106)(H,107,108)(H,109,110)(H,111,112)(H,115,116,117)(H,118,119,120)(H3,77,79,81,83,85,87)(H3,78,80,82,84,86,88). The molecule has 56 heteroatoms. The van der Waals surface area contributed by atoms with Crippen molar-refractivity contribution in [2.45, 2.75) is 25.7 Å². The maximum atomic E-state index is 12.2. The zero-order valence-electron chi connectivity index (χ0n) is 67.2. The lowest BCUT2D eigenvalue weighted by Gasteiger charge is -2.17. The van der Waals surface area contributed by atoms with E-state index >= 15 is 0 Å². The summed E-state index contributed by atoms with van der Waals surface area (Å²) in [6, 6.07) is 28.4. The molecule has 0 saturated carbocycles. The zero-order chi connectivity index (χ0) is 95.0.